The molecule has 0 N–H and O–H groups in total. The average molecular weight is 230 g/mol. The average Bonchev–Trinajstić information content (AvgIpc) is 2.29. The molecule has 0 spiro atoms. The molecule has 0 saturated carbocycles. The maximum atomic E-state index is 4.47. The number of aryl methyl sites for hydroxylation is 1. The van der Waals surface area contributed by atoms with Gasteiger partial charge in [0.05, 0.1) is 5.52 Å². The largest absolute Gasteiger partial charge is 0.256 e. The van der Waals surface area contributed by atoms with E-state index in [-0.39, 0.29) is 12.4 Å². The van der Waals surface area contributed by atoms with E-state index >= 15 is 0 Å². The third kappa shape index (κ3) is 1.54. The van der Waals surface area contributed by atoms with E-state index in [1.165, 1.54) is 21.7 Å². The van der Waals surface area contributed by atoms with Gasteiger partial charge in [-0.05, 0) is 23.9 Å². The monoisotopic (exact) mass is 229 g/mol. The van der Waals surface area contributed by atoms with Crippen LogP contribution in [0.5, 0.6) is 0 Å². The molecule has 0 aliphatic heterocycles. The van der Waals surface area contributed by atoms with Crippen molar-refractivity contribution in [2.75, 3.05) is 0 Å². The number of benzene rings is 2. The van der Waals surface area contributed by atoms with Crippen molar-refractivity contribution in [2.24, 2.45) is 0 Å². The van der Waals surface area contributed by atoms with Crippen LogP contribution in [0.15, 0.2) is 48.7 Å². The first-order chi connectivity index (χ1) is 7.36. The fraction of sp³-hybridized carbons (Fsp3) is 0.0714. The molecular weight excluding hydrogens is 218 g/mol. The predicted molar refractivity (Wildman–Crippen MR) is 71.2 cm³/mol. The Labute approximate surface area is 101 Å². The van der Waals surface area contributed by atoms with Crippen molar-refractivity contribution in [3.63, 3.8) is 0 Å². The second-order valence-electron chi connectivity index (χ2n) is 3.81. The van der Waals surface area contributed by atoms with Crippen molar-refractivity contribution in [2.45, 2.75) is 6.92 Å². The Balaban J connectivity index is 0.000000963. The van der Waals surface area contributed by atoms with Gasteiger partial charge in [-0.2, -0.15) is 0 Å². The minimum absolute atomic E-state index is 0. The van der Waals surface area contributed by atoms with E-state index < -0.39 is 0 Å². The summed E-state index contributed by atoms with van der Waals surface area (Å²) in [5.41, 5.74) is 2.37. The summed E-state index contributed by atoms with van der Waals surface area (Å²) in [4.78, 5) is 4.47. The molecule has 16 heavy (non-hydrogen) atoms. The van der Waals surface area contributed by atoms with Gasteiger partial charge in [0.2, 0.25) is 0 Å². The molecule has 0 aliphatic carbocycles. The molecule has 1 nitrogen and oxygen atoms in total. The molecular formula is C14H12ClN. The van der Waals surface area contributed by atoms with E-state index in [4.69, 9.17) is 0 Å². The number of nitrogens with zero attached hydrogens (tertiary/aromatic N) is 1. The lowest BCUT2D eigenvalue weighted by Gasteiger charge is -2.05. The predicted octanol–water partition coefficient (Wildman–Crippen LogP) is 4.12. The van der Waals surface area contributed by atoms with E-state index in [9.17, 15) is 0 Å². The van der Waals surface area contributed by atoms with Crippen LogP contribution in [0.1, 0.15) is 5.56 Å². The molecule has 1 heterocycles. The van der Waals surface area contributed by atoms with Gasteiger partial charge in [0.25, 0.3) is 0 Å². The maximum Gasteiger partial charge on any atom is 0.0711 e. The summed E-state index contributed by atoms with van der Waals surface area (Å²) in [6.07, 6.45) is 1.94. The molecule has 0 unspecified atom stereocenters. The van der Waals surface area contributed by atoms with Gasteiger partial charge in [-0.15, -0.1) is 12.4 Å². The van der Waals surface area contributed by atoms with Gasteiger partial charge in [0, 0.05) is 17.0 Å². The molecule has 0 radical (unpaired) electrons. The quantitative estimate of drug-likeness (QED) is 0.529. The SMILES string of the molecule is Cc1cccc2ncc3ccccc3c12.Cl. The Morgan fingerprint density at radius 3 is 2.62 bits per heavy atom. The lowest BCUT2D eigenvalue weighted by molar-refractivity contribution is 1.42. The molecule has 0 bridgehead atoms. The lowest BCUT2D eigenvalue weighted by Crippen LogP contribution is -1.84. The first-order valence-corrected chi connectivity index (χ1v) is 5.09. The Bertz CT molecular complexity index is 646. The minimum Gasteiger partial charge on any atom is -0.256 e. The van der Waals surface area contributed by atoms with Gasteiger partial charge < -0.3 is 0 Å². The smallest absolute Gasteiger partial charge is 0.0711 e. The first kappa shape index (κ1) is 10.9. The minimum atomic E-state index is 0. The Kier molecular flexibility index (Phi) is 2.80. The zero-order valence-corrected chi connectivity index (χ0v) is 9.79. The standard InChI is InChI=1S/C14H11N.ClH/c1-10-5-4-8-13-14(10)12-7-3-2-6-11(12)9-15-13;/h2-9H,1H3;1H. The topological polar surface area (TPSA) is 12.9 Å². The summed E-state index contributed by atoms with van der Waals surface area (Å²) in [5, 5.41) is 3.77. The molecule has 2 heteroatoms. The highest BCUT2D eigenvalue weighted by atomic mass is 35.5. The van der Waals surface area contributed by atoms with Gasteiger partial charge in [0.15, 0.2) is 0 Å². The van der Waals surface area contributed by atoms with Gasteiger partial charge in [-0.25, -0.2) is 0 Å². The Morgan fingerprint density at radius 2 is 1.75 bits per heavy atom. The summed E-state index contributed by atoms with van der Waals surface area (Å²) in [5.74, 6) is 0. The van der Waals surface area contributed by atoms with Crippen LogP contribution in [-0.4, -0.2) is 4.98 Å². The van der Waals surface area contributed by atoms with E-state index in [0.29, 0.717) is 0 Å². The van der Waals surface area contributed by atoms with Crippen molar-refractivity contribution < 1.29 is 0 Å². The molecule has 0 atom stereocenters. The zero-order chi connectivity index (χ0) is 10.3. The van der Waals surface area contributed by atoms with E-state index in [0.717, 1.165) is 5.52 Å². The van der Waals surface area contributed by atoms with Crippen LogP contribution in [-0.2, 0) is 0 Å². The molecule has 80 valence electrons. The van der Waals surface area contributed by atoms with Crippen LogP contribution in [0.3, 0.4) is 0 Å². The lowest BCUT2D eigenvalue weighted by atomic mass is 10.0. The van der Waals surface area contributed by atoms with E-state index in [1.54, 1.807) is 0 Å². The summed E-state index contributed by atoms with van der Waals surface area (Å²) in [7, 11) is 0. The van der Waals surface area contributed by atoms with Crippen molar-refractivity contribution in [1.29, 1.82) is 0 Å². The molecule has 0 amide bonds. The maximum absolute atomic E-state index is 4.47. The van der Waals surface area contributed by atoms with Gasteiger partial charge in [-0.3, -0.25) is 4.98 Å². The number of rotatable bonds is 0. The van der Waals surface area contributed by atoms with Gasteiger partial charge in [-0.1, -0.05) is 36.4 Å². The fourth-order valence-electron chi connectivity index (χ4n) is 2.09. The highest BCUT2D eigenvalue weighted by molar-refractivity contribution is 6.06. The number of hydrogen-bond acceptors (Lipinski definition) is 1. The van der Waals surface area contributed by atoms with E-state index in [2.05, 4.69) is 48.3 Å². The van der Waals surface area contributed by atoms with Crippen LogP contribution in [0.2, 0.25) is 0 Å². The number of halogens is 1. The second kappa shape index (κ2) is 4.11. The van der Waals surface area contributed by atoms with Crippen molar-refractivity contribution >= 4 is 34.1 Å². The van der Waals surface area contributed by atoms with Crippen molar-refractivity contribution in [3.8, 4) is 0 Å². The summed E-state index contributed by atoms with van der Waals surface area (Å²) in [6.45, 7) is 2.14. The van der Waals surface area contributed by atoms with Crippen molar-refractivity contribution in [1.82, 2.24) is 4.98 Å². The molecule has 2 aromatic carbocycles. The first-order valence-electron chi connectivity index (χ1n) is 5.09. The highest BCUT2D eigenvalue weighted by Crippen LogP contribution is 2.25. The molecule has 1 aromatic heterocycles. The summed E-state index contributed by atoms with van der Waals surface area (Å²) in [6, 6.07) is 14.6. The van der Waals surface area contributed by atoms with E-state index in [1.807, 2.05) is 12.3 Å². The molecule has 3 aromatic rings. The van der Waals surface area contributed by atoms with Crippen LogP contribution in [0.4, 0.5) is 0 Å². The van der Waals surface area contributed by atoms with Crippen LogP contribution >= 0.6 is 12.4 Å². The van der Waals surface area contributed by atoms with Crippen molar-refractivity contribution in [3.05, 3.63) is 54.2 Å². The van der Waals surface area contributed by atoms with Gasteiger partial charge in [0.1, 0.15) is 0 Å². The van der Waals surface area contributed by atoms with Crippen LogP contribution < -0.4 is 0 Å². The van der Waals surface area contributed by atoms with Crippen LogP contribution in [0, 0.1) is 6.92 Å². The normalized spacial score (nSPS) is 10.3. The third-order valence-corrected chi connectivity index (χ3v) is 2.82. The number of hydrogen-bond donors (Lipinski definition) is 0. The van der Waals surface area contributed by atoms with Crippen LogP contribution in [0.25, 0.3) is 21.7 Å². The highest BCUT2D eigenvalue weighted by Gasteiger charge is 2.02. The van der Waals surface area contributed by atoms with Gasteiger partial charge >= 0.3 is 0 Å². The number of pyridine rings is 1. The second-order valence-corrected chi connectivity index (χ2v) is 3.81. The molecule has 0 aliphatic rings. The molecule has 3 rings (SSSR count). The number of aromatic nitrogens is 1. The summed E-state index contributed by atoms with van der Waals surface area (Å²) >= 11 is 0. The summed E-state index contributed by atoms with van der Waals surface area (Å²) < 4.78 is 0. The number of fused-ring (bicyclic) bond motifs is 3. The molecule has 0 fully saturated rings. The fourth-order valence-corrected chi connectivity index (χ4v) is 2.09. The Morgan fingerprint density at radius 1 is 0.938 bits per heavy atom. The Hall–Kier alpha value is -1.60. The third-order valence-electron chi connectivity index (χ3n) is 2.82. The molecule has 0 saturated heterocycles. The zero-order valence-electron chi connectivity index (χ0n) is 8.97.